The molecule has 1 N–H and O–H groups in total. The summed E-state index contributed by atoms with van der Waals surface area (Å²) in [5.41, 5.74) is 4.49. The van der Waals surface area contributed by atoms with Crippen molar-refractivity contribution in [2.24, 2.45) is 0 Å². The van der Waals surface area contributed by atoms with Crippen molar-refractivity contribution in [2.45, 2.75) is 26.4 Å². The molecular weight excluding hydrogens is 260 g/mol. The van der Waals surface area contributed by atoms with Crippen molar-refractivity contribution in [1.82, 2.24) is 19.9 Å². The second kappa shape index (κ2) is 5.66. The van der Waals surface area contributed by atoms with Crippen molar-refractivity contribution < 1.29 is 0 Å². The van der Waals surface area contributed by atoms with Gasteiger partial charge in [-0.1, -0.05) is 12.1 Å². The largest absolute Gasteiger partial charge is 0.342 e. The number of aryl methyl sites for hydroxylation is 1. The number of hydrogen-bond acceptors (Lipinski definition) is 3. The van der Waals surface area contributed by atoms with Gasteiger partial charge in [-0.15, -0.1) is 0 Å². The van der Waals surface area contributed by atoms with Gasteiger partial charge in [-0.3, -0.25) is 9.88 Å². The van der Waals surface area contributed by atoms with E-state index < -0.39 is 0 Å². The minimum Gasteiger partial charge on any atom is -0.342 e. The van der Waals surface area contributed by atoms with Crippen LogP contribution in [0.5, 0.6) is 0 Å². The van der Waals surface area contributed by atoms with Gasteiger partial charge < -0.3 is 4.98 Å². The second-order valence-electron chi connectivity index (χ2n) is 5.51. The summed E-state index contributed by atoms with van der Waals surface area (Å²) in [6.45, 7) is 5.03. The molecule has 0 bridgehead atoms. The van der Waals surface area contributed by atoms with Gasteiger partial charge >= 0.3 is 0 Å². The average molecular weight is 280 g/mol. The molecule has 4 heteroatoms. The first-order chi connectivity index (χ1) is 10.1. The van der Waals surface area contributed by atoms with Crippen LogP contribution in [0.2, 0.25) is 0 Å². The first-order valence-electron chi connectivity index (χ1n) is 7.20. The van der Waals surface area contributed by atoms with Crippen LogP contribution >= 0.6 is 0 Å². The van der Waals surface area contributed by atoms with E-state index in [1.165, 1.54) is 5.56 Å². The lowest BCUT2D eigenvalue weighted by atomic mass is 10.1. The monoisotopic (exact) mass is 280 g/mol. The summed E-state index contributed by atoms with van der Waals surface area (Å²) in [6, 6.07) is 12.8. The summed E-state index contributed by atoms with van der Waals surface area (Å²) in [4.78, 5) is 14.4. The highest BCUT2D eigenvalue weighted by Crippen LogP contribution is 2.23. The number of aromatic amines is 1. The van der Waals surface area contributed by atoms with Crippen LogP contribution in [-0.4, -0.2) is 26.9 Å². The molecule has 21 heavy (non-hydrogen) atoms. The van der Waals surface area contributed by atoms with Crippen LogP contribution in [0.25, 0.3) is 11.0 Å². The van der Waals surface area contributed by atoms with Gasteiger partial charge in [0, 0.05) is 18.8 Å². The van der Waals surface area contributed by atoms with E-state index in [-0.39, 0.29) is 0 Å². The van der Waals surface area contributed by atoms with Crippen LogP contribution in [0, 0.1) is 6.92 Å². The molecule has 2 aromatic heterocycles. The molecule has 0 aliphatic carbocycles. The third-order valence-electron chi connectivity index (χ3n) is 3.91. The summed E-state index contributed by atoms with van der Waals surface area (Å²) >= 11 is 0. The van der Waals surface area contributed by atoms with Crippen molar-refractivity contribution in [3.05, 3.63) is 59.7 Å². The Balaban J connectivity index is 1.80. The topological polar surface area (TPSA) is 44.8 Å². The van der Waals surface area contributed by atoms with Gasteiger partial charge in [0.05, 0.1) is 16.7 Å². The number of nitrogens with one attached hydrogen (secondary N) is 1. The standard InChI is InChI=1S/C17H20N4/c1-12(21(3)11-15-6-4-5-9-18-15)14-7-8-16-17(10-14)20-13(2)19-16/h4-10,12H,11H2,1-3H3,(H,19,20). The average Bonchev–Trinajstić information content (AvgIpc) is 2.86. The van der Waals surface area contributed by atoms with Crippen molar-refractivity contribution in [1.29, 1.82) is 0 Å². The Bertz CT molecular complexity index is 733. The molecule has 108 valence electrons. The molecule has 1 unspecified atom stereocenters. The zero-order valence-electron chi connectivity index (χ0n) is 12.7. The van der Waals surface area contributed by atoms with Gasteiger partial charge in [0.25, 0.3) is 0 Å². The molecule has 0 aliphatic heterocycles. The number of nitrogens with zero attached hydrogens (tertiary/aromatic N) is 3. The molecule has 0 aliphatic rings. The van der Waals surface area contributed by atoms with Gasteiger partial charge in [0.1, 0.15) is 5.82 Å². The normalized spacial score (nSPS) is 13.0. The highest BCUT2D eigenvalue weighted by atomic mass is 15.1. The Kier molecular flexibility index (Phi) is 3.71. The molecular formula is C17H20N4. The van der Waals surface area contributed by atoms with E-state index >= 15 is 0 Å². The predicted octanol–water partition coefficient (Wildman–Crippen LogP) is 3.46. The van der Waals surface area contributed by atoms with Crippen molar-refractivity contribution in [3.8, 4) is 0 Å². The van der Waals surface area contributed by atoms with Crippen LogP contribution in [-0.2, 0) is 6.54 Å². The molecule has 1 aromatic carbocycles. The van der Waals surface area contributed by atoms with Gasteiger partial charge in [-0.25, -0.2) is 4.98 Å². The fourth-order valence-corrected chi connectivity index (χ4v) is 2.55. The quantitative estimate of drug-likeness (QED) is 0.796. The van der Waals surface area contributed by atoms with E-state index in [2.05, 4.69) is 58.1 Å². The molecule has 1 atom stereocenters. The number of H-pyrrole nitrogens is 1. The number of rotatable bonds is 4. The number of benzene rings is 1. The maximum absolute atomic E-state index is 4.45. The Hall–Kier alpha value is -2.20. The lowest BCUT2D eigenvalue weighted by Gasteiger charge is -2.24. The third-order valence-corrected chi connectivity index (χ3v) is 3.91. The summed E-state index contributed by atoms with van der Waals surface area (Å²) in [5.74, 6) is 0.955. The van der Waals surface area contributed by atoms with E-state index in [0.29, 0.717) is 6.04 Å². The zero-order valence-corrected chi connectivity index (χ0v) is 12.7. The molecule has 0 radical (unpaired) electrons. The Morgan fingerprint density at radius 1 is 1.24 bits per heavy atom. The molecule has 0 saturated heterocycles. The highest BCUT2D eigenvalue weighted by molar-refractivity contribution is 5.75. The van der Waals surface area contributed by atoms with E-state index in [0.717, 1.165) is 29.1 Å². The summed E-state index contributed by atoms with van der Waals surface area (Å²) < 4.78 is 0. The maximum atomic E-state index is 4.45. The Labute approximate surface area is 124 Å². The lowest BCUT2D eigenvalue weighted by molar-refractivity contribution is 0.250. The molecule has 0 spiro atoms. The minimum atomic E-state index is 0.319. The summed E-state index contributed by atoms with van der Waals surface area (Å²) in [6.07, 6.45) is 1.84. The van der Waals surface area contributed by atoms with E-state index in [1.54, 1.807) is 0 Å². The van der Waals surface area contributed by atoms with Crippen LogP contribution in [0.3, 0.4) is 0 Å². The molecule has 0 amide bonds. The van der Waals surface area contributed by atoms with Gasteiger partial charge in [-0.2, -0.15) is 0 Å². The van der Waals surface area contributed by atoms with Crippen molar-refractivity contribution in [3.63, 3.8) is 0 Å². The minimum absolute atomic E-state index is 0.319. The van der Waals surface area contributed by atoms with Crippen LogP contribution in [0.1, 0.15) is 30.0 Å². The van der Waals surface area contributed by atoms with Crippen molar-refractivity contribution >= 4 is 11.0 Å². The number of aromatic nitrogens is 3. The molecule has 0 saturated carbocycles. The number of fused-ring (bicyclic) bond motifs is 1. The molecule has 3 aromatic rings. The number of hydrogen-bond donors (Lipinski definition) is 1. The first kappa shape index (κ1) is 13.8. The van der Waals surface area contributed by atoms with Crippen LogP contribution in [0.4, 0.5) is 0 Å². The van der Waals surface area contributed by atoms with E-state index in [9.17, 15) is 0 Å². The van der Waals surface area contributed by atoms with Gasteiger partial charge in [-0.05, 0) is 50.7 Å². The molecule has 4 nitrogen and oxygen atoms in total. The molecule has 2 heterocycles. The van der Waals surface area contributed by atoms with Gasteiger partial charge in [0.2, 0.25) is 0 Å². The van der Waals surface area contributed by atoms with E-state index in [4.69, 9.17) is 0 Å². The molecule has 0 fully saturated rings. The lowest BCUT2D eigenvalue weighted by Crippen LogP contribution is -2.22. The number of imidazole rings is 1. The van der Waals surface area contributed by atoms with Crippen LogP contribution < -0.4 is 0 Å². The van der Waals surface area contributed by atoms with Crippen molar-refractivity contribution in [2.75, 3.05) is 7.05 Å². The fourth-order valence-electron chi connectivity index (χ4n) is 2.55. The SMILES string of the molecule is Cc1nc2ccc(C(C)N(C)Cc3ccccn3)cc2[nH]1. The summed E-state index contributed by atoms with van der Waals surface area (Å²) in [5, 5.41) is 0. The zero-order chi connectivity index (χ0) is 14.8. The Morgan fingerprint density at radius 2 is 2.10 bits per heavy atom. The smallest absolute Gasteiger partial charge is 0.104 e. The van der Waals surface area contributed by atoms with Crippen LogP contribution in [0.15, 0.2) is 42.6 Å². The molecule has 3 rings (SSSR count). The van der Waals surface area contributed by atoms with Gasteiger partial charge in [0.15, 0.2) is 0 Å². The third kappa shape index (κ3) is 2.95. The second-order valence-corrected chi connectivity index (χ2v) is 5.51. The fraction of sp³-hybridized carbons (Fsp3) is 0.294. The Morgan fingerprint density at radius 3 is 2.86 bits per heavy atom. The number of pyridine rings is 1. The summed E-state index contributed by atoms with van der Waals surface area (Å²) in [7, 11) is 2.13. The first-order valence-corrected chi connectivity index (χ1v) is 7.20. The van der Waals surface area contributed by atoms with E-state index in [1.807, 2.05) is 25.3 Å². The highest BCUT2D eigenvalue weighted by Gasteiger charge is 2.13. The predicted molar refractivity (Wildman–Crippen MR) is 84.9 cm³/mol. The maximum Gasteiger partial charge on any atom is 0.104 e.